The number of amides is 2. The van der Waals surface area contributed by atoms with E-state index in [0.29, 0.717) is 23.9 Å². The minimum Gasteiger partial charge on any atom is -0.437 e. The number of nitrogens with one attached hydrogen (secondary N) is 1. The Balaban J connectivity index is 1.45. The van der Waals surface area contributed by atoms with Gasteiger partial charge in [-0.25, -0.2) is 9.78 Å². The Morgan fingerprint density at radius 1 is 1.11 bits per heavy atom. The maximum atomic E-state index is 12.7. The number of benzene rings is 1. The third kappa shape index (κ3) is 3.74. The van der Waals surface area contributed by atoms with Crippen molar-refractivity contribution in [3.05, 3.63) is 72.2 Å². The molecule has 2 aromatic heterocycles. The third-order valence-corrected chi connectivity index (χ3v) is 4.52. The van der Waals surface area contributed by atoms with E-state index in [4.69, 9.17) is 4.74 Å². The zero-order valence-corrected chi connectivity index (χ0v) is 15.1. The highest BCUT2D eigenvalue weighted by Crippen LogP contribution is 2.27. The van der Waals surface area contributed by atoms with Gasteiger partial charge in [0.25, 0.3) is 0 Å². The van der Waals surface area contributed by atoms with E-state index in [-0.39, 0.29) is 6.03 Å². The van der Waals surface area contributed by atoms with E-state index in [9.17, 15) is 4.79 Å². The molecule has 6 heteroatoms. The van der Waals surface area contributed by atoms with E-state index < -0.39 is 0 Å². The van der Waals surface area contributed by atoms with E-state index in [0.717, 1.165) is 24.2 Å². The number of urea groups is 1. The molecule has 27 heavy (non-hydrogen) atoms. The zero-order valence-electron chi connectivity index (χ0n) is 15.1. The van der Waals surface area contributed by atoms with Gasteiger partial charge in [-0.15, -0.1) is 0 Å². The van der Waals surface area contributed by atoms with Crippen molar-refractivity contribution >= 4 is 17.4 Å². The largest absolute Gasteiger partial charge is 0.437 e. The fourth-order valence-corrected chi connectivity index (χ4v) is 3.14. The van der Waals surface area contributed by atoms with Gasteiger partial charge in [0, 0.05) is 24.5 Å². The minimum absolute atomic E-state index is 0.152. The van der Waals surface area contributed by atoms with E-state index in [1.807, 2.05) is 37.3 Å². The molecule has 1 N–H and O–H groups in total. The Hall–Kier alpha value is -3.41. The van der Waals surface area contributed by atoms with Gasteiger partial charge in [0.15, 0.2) is 5.75 Å². The van der Waals surface area contributed by atoms with E-state index in [1.165, 1.54) is 5.56 Å². The number of fused-ring (bicyclic) bond motifs is 1. The van der Waals surface area contributed by atoms with Gasteiger partial charge in [0.05, 0.1) is 17.6 Å². The molecular formula is C21H20N4O2. The molecule has 0 saturated carbocycles. The van der Waals surface area contributed by atoms with Crippen molar-refractivity contribution in [2.45, 2.75) is 19.8 Å². The zero-order chi connectivity index (χ0) is 18.6. The molecule has 2 amide bonds. The first kappa shape index (κ1) is 17.0. The van der Waals surface area contributed by atoms with Crippen molar-refractivity contribution in [3.8, 4) is 11.6 Å². The number of hydrogen-bond donors (Lipinski definition) is 1. The summed E-state index contributed by atoms with van der Waals surface area (Å²) in [6, 6.07) is 15.0. The summed E-state index contributed by atoms with van der Waals surface area (Å²) in [7, 11) is 0. The first-order valence-corrected chi connectivity index (χ1v) is 8.93. The van der Waals surface area contributed by atoms with Crippen LogP contribution in [0.15, 0.2) is 60.9 Å². The third-order valence-electron chi connectivity index (χ3n) is 4.52. The van der Waals surface area contributed by atoms with Gasteiger partial charge in [-0.3, -0.25) is 9.88 Å². The number of nitrogens with zero attached hydrogens (tertiary/aromatic N) is 3. The molecule has 0 bridgehead atoms. The SMILES string of the molecule is Cc1ncccc1Oc1ccc(NC(=O)N2CCCc3ccccc32)cn1. The van der Waals surface area contributed by atoms with Crippen LogP contribution in [0.5, 0.6) is 11.6 Å². The van der Waals surface area contributed by atoms with Crippen LogP contribution in [0, 0.1) is 6.92 Å². The van der Waals surface area contributed by atoms with Crippen LogP contribution in [0.4, 0.5) is 16.2 Å². The summed E-state index contributed by atoms with van der Waals surface area (Å²) in [5, 5.41) is 2.91. The van der Waals surface area contributed by atoms with E-state index in [1.54, 1.807) is 29.4 Å². The summed E-state index contributed by atoms with van der Waals surface area (Å²) in [6.45, 7) is 2.58. The van der Waals surface area contributed by atoms with Gasteiger partial charge in [0.1, 0.15) is 0 Å². The smallest absolute Gasteiger partial charge is 0.326 e. The number of hydrogen-bond acceptors (Lipinski definition) is 4. The molecule has 4 rings (SSSR count). The first-order valence-electron chi connectivity index (χ1n) is 8.93. The van der Waals surface area contributed by atoms with Crippen molar-refractivity contribution in [2.75, 3.05) is 16.8 Å². The topological polar surface area (TPSA) is 67.3 Å². The Bertz CT molecular complexity index is 956. The van der Waals surface area contributed by atoms with Crippen LogP contribution in [-0.4, -0.2) is 22.5 Å². The predicted octanol–water partition coefficient (Wildman–Crippen LogP) is 4.56. The lowest BCUT2D eigenvalue weighted by molar-refractivity contribution is 0.256. The second-order valence-corrected chi connectivity index (χ2v) is 6.39. The van der Waals surface area contributed by atoms with Gasteiger partial charge >= 0.3 is 6.03 Å². The molecule has 1 aromatic carbocycles. The average molecular weight is 360 g/mol. The monoisotopic (exact) mass is 360 g/mol. The molecule has 0 saturated heterocycles. The van der Waals surface area contributed by atoms with Gasteiger partial charge in [0.2, 0.25) is 5.88 Å². The summed E-state index contributed by atoms with van der Waals surface area (Å²) >= 11 is 0. The molecule has 0 aliphatic carbocycles. The average Bonchev–Trinajstić information content (AvgIpc) is 2.70. The highest BCUT2D eigenvalue weighted by molar-refractivity contribution is 6.02. The number of pyridine rings is 2. The molecular weight excluding hydrogens is 340 g/mol. The Labute approximate surface area is 157 Å². The molecule has 1 aliphatic heterocycles. The highest BCUT2D eigenvalue weighted by atomic mass is 16.5. The second kappa shape index (κ2) is 7.45. The Morgan fingerprint density at radius 3 is 2.81 bits per heavy atom. The molecule has 0 unspecified atom stereocenters. The minimum atomic E-state index is -0.152. The van der Waals surface area contributed by atoms with Gasteiger partial charge in [-0.05, 0) is 49.6 Å². The first-order chi connectivity index (χ1) is 13.2. The van der Waals surface area contributed by atoms with Crippen LogP contribution >= 0.6 is 0 Å². The molecule has 0 fully saturated rings. The van der Waals surface area contributed by atoms with Crippen molar-refractivity contribution in [3.63, 3.8) is 0 Å². The van der Waals surface area contributed by atoms with Gasteiger partial charge in [-0.2, -0.15) is 0 Å². The van der Waals surface area contributed by atoms with E-state index in [2.05, 4.69) is 21.4 Å². The van der Waals surface area contributed by atoms with Gasteiger partial charge in [-0.1, -0.05) is 18.2 Å². The van der Waals surface area contributed by atoms with Crippen molar-refractivity contribution < 1.29 is 9.53 Å². The maximum absolute atomic E-state index is 12.7. The highest BCUT2D eigenvalue weighted by Gasteiger charge is 2.22. The number of aryl methyl sites for hydroxylation is 2. The van der Waals surface area contributed by atoms with Crippen molar-refractivity contribution in [2.24, 2.45) is 0 Å². The van der Waals surface area contributed by atoms with Crippen LogP contribution in [0.2, 0.25) is 0 Å². The van der Waals surface area contributed by atoms with Crippen LogP contribution in [-0.2, 0) is 6.42 Å². The lowest BCUT2D eigenvalue weighted by Gasteiger charge is -2.29. The Morgan fingerprint density at radius 2 is 2.00 bits per heavy atom. The lowest BCUT2D eigenvalue weighted by atomic mass is 10.0. The summed E-state index contributed by atoms with van der Waals surface area (Å²) in [6.07, 6.45) is 5.27. The second-order valence-electron chi connectivity index (χ2n) is 6.39. The number of rotatable bonds is 3. The normalized spacial score (nSPS) is 13.0. The van der Waals surface area contributed by atoms with Crippen molar-refractivity contribution in [1.82, 2.24) is 9.97 Å². The number of aromatic nitrogens is 2. The lowest BCUT2D eigenvalue weighted by Crippen LogP contribution is -2.38. The quantitative estimate of drug-likeness (QED) is 0.743. The summed E-state index contributed by atoms with van der Waals surface area (Å²) in [4.78, 5) is 22.9. The van der Waals surface area contributed by atoms with E-state index >= 15 is 0 Å². The molecule has 136 valence electrons. The van der Waals surface area contributed by atoms with Crippen LogP contribution in [0.25, 0.3) is 0 Å². The van der Waals surface area contributed by atoms with Crippen molar-refractivity contribution in [1.29, 1.82) is 0 Å². The maximum Gasteiger partial charge on any atom is 0.326 e. The van der Waals surface area contributed by atoms with Crippen LogP contribution in [0.3, 0.4) is 0 Å². The fourth-order valence-electron chi connectivity index (χ4n) is 3.14. The fraction of sp³-hybridized carbons (Fsp3) is 0.190. The Kier molecular flexibility index (Phi) is 4.70. The molecule has 0 radical (unpaired) electrons. The molecule has 0 atom stereocenters. The summed E-state index contributed by atoms with van der Waals surface area (Å²) in [5.41, 5.74) is 3.59. The standard InChI is InChI=1S/C21H20N4O2/c1-15-19(9-4-12-22-15)27-20-11-10-17(14-23-20)24-21(26)25-13-5-7-16-6-2-3-8-18(16)25/h2-4,6,8-12,14H,5,7,13H2,1H3,(H,24,26). The van der Waals surface area contributed by atoms with Gasteiger partial charge < -0.3 is 10.1 Å². The summed E-state index contributed by atoms with van der Waals surface area (Å²) in [5.74, 6) is 1.11. The molecule has 1 aliphatic rings. The van der Waals surface area contributed by atoms with Crippen LogP contribution < -0.4 is 15.0 Å². The predicted molar refractivity (Wildman–Crippen MR) is 104 cm³/mol. The molecule has 6 nitrogen and oxygen atoms in total. The molecule has 0 spiro atoms. The number of anilines is 2. The number of para-hydroxylation sites is 1. The molecule has 3 aromatic rings. The number of carbonyl (C=O) groups excluding carboxylic acids is 1. The molecule has 3 heterocycles. The van der Waals surface area contributed by atoms with Crippen LogP contribution in [0.1, 0.15) is 17.7 Å². The number of ether oxygens (including phenoxy) is 1. The number of carbonyl (C=O) groups is 1. The summed E-state index contributed by atoms with van der Waals surface area (Å²) < 4.78 is 5.74.